The second-order valence-corrected chi connectivity index (χ2v) is 11.9. The van der Waals surface area contributed by atoms with Crippen LogP contribution in [0.3, 0.4) is 0 Å². The first kappa shape index (κ1) is 20.7. The van der Waals surface area contributed by atoms with Crippen LogP contribution in [0.2, 0.25) is 10.0 Å². The van der Waals surface area contributed by atoms with E-state index in [0.717, 1.165) is 0 Å². The second-order valence-electron chi connectivity index (χ2n) is 4.74. The highest BCUT2D eigenvalue weighted by atomic mass is 35.7. The molecular weight excluding hydrogens is 481 g/mol. The van der Waals surface area contributed by atoms with Crippen molar-refractivity contribution in [2.45, 2.75) is 0 Å². The topological polar surface area (TPSA) is 89.0 Å². The van der Waals surface area contributed by atoms with Crippen LogP contribution >= 0.6 is 71.1 Å². The lowest BCUT2D eigenvalue weighted by atomic mass is 10.3. The zero-order valence-corrected chi connectivity index (χ0v) is 18.5. The van der Waals surface area contributed by atoms with Gasteiger partial charge in [-0.3, -0.25) is 0 Å². The summed E-state index contributed by atoms with van der Waals surface area (Å²) in [7, 11) is -3.06. The Balaban J connectivity index is 1.86. The number of nitrogens with two attached hydrogens (primary N) is 2. The van der Waals surface area contributed by atoms with Crippen LogP contribution in [-0.4, -0.2) is 8.56 Å². The van der Waals surface area contributed by atoms with Crippen molar-refractivity contribution in [3.63, 3.8) is 0 Å². The Hall–Kier alpha value is -0.0300. The number of benzene rings is 2. The smallest absolute Gasteiger partial charge is 0.291 e. The summed E-state index contributed by atoms with van der Waals surface area (Å²) >= 11 is 24.6. The van der Waals surface area contributed by atoms with E-state index in [9.17, 15) is 0 Å². The largest absolute Gasteiger partial charge is 0.440 e. The molecule has 140 valence electrons. The average molecular weight is 493 g/mol. The van der Waals surface area contributed by atoms with Crippen molar-refractivity contribution < 1.29 is 9.36 Å². The lowest BCUT2D eigenvalue weighted by molar-refractivity contribution is 0.130. The molecule has 1 saturated heterocycles. The van der Waals surface area contributed by atoms with Gasteiger partial charge < -0.3 is 20.8 Å². The van der Waals surface area contributed by atoms with E-state index < -0.39 is 16.0 Å². The molecule has 1 aliphatic heterocycles. The van der Waals surface area contributed by atoms with Gasteiger partial charge >= 0.3 is 0 Å². The first-order valence-electron chi connectivity index (χ1n) is 6.85. The van der Waals surface area contributed by atoms with Crippen molar-refractivity contribution in [2.75, 3.05) is 11.5 Å². The molecule has 0 bridgehead atoms. The molecule has 5 N–H and O–H groups in total. The third kappa shape index (κ3) is 4.51. The zero-order chi connectivity index (χ0) is 18.8. The molecule has 0 saturated carbocycles. The number of hydrogen-bond acceptors (Lipinski definition) is 7. The predicted octanol–water partition coefficient (Wildman–Crippen LogP) is 6.09. The van der Waals surface area contributed by atoms with Crippen LogP contribution in [0.15, 0.2) is 36.4 Å². The Morgan fingerprint density at radius 3 is 2.54 bits per heavy atom. The maximum Gasteiger partial charge on any atom is 0.291 e. The molecule has 1 aliphatic rings. The zero-order valence-electron chi connectivity index (χ0n) is 12.7. The third-order valence-corrected chi connectivity index (χ3v) is 11.0. The SMILES string of the molecule is Nc1ccccc1ON1P(Oc2ccc(Cl)c(Cl)c2N)NPN(Cl)P1Cl. The summed E-state index contributed by atoms with van der Waals surface area (Å²) in [6, 6.07) is 10.2. The highest BCUT2D eigenvalue weighted by molar-refractivity contribution is 7.91. The van der Waals surface area contributed by atoms with Crippen molar-refractivity contribution in [1.29, 1.82) is 0 Å². The fourth-order valence-corrected chi connectivity index (χ4v) is 8.33. The summed E-state index contributed by atoms with van der Waals surface area (Å²) in [4.78, 5) is 9.00. The van der Waals surface area contributed by atoms with E-state index in [-0.39, 0.29) is 19.6 Å². The molecule has 2 aromatic carbocycles. The van der Waals surface area contributed by atoms with Gasteiger partial charge in [0, 0.05) is 0 Å². The maximum atomic E-state index is 6.44. The molecule has 1 fully saturated rings. The molecule has 3 atom stereocenters. The molecule has 0 aliphatic carbocycles. The number of rotatable bonds is 4. The lowest BCUT2D eigenvalue weighted by Gasteiger charge is -2.38. The van der Waals surface area contributed by atoms with Crippen molar-refractivity contribution in [2.24, 2.45) is 0 Å². The first-order chi connectivity index (χ1) is 12.4. The van der Waals surface area contributed by atoms with Gasteiger partial charge in [0.1, 0.15) is 0 Å². The van der Waals surface area contributed by atoms with E-state index in [1.54, 1.807) is 36.4 Å². The van der Waals surface area contributed by atoms with Gasteiger partial charge in [-0.15, -0.1) is 3.96 Å². The molecule has 2 aromatic rings. The Morgan fingerprint density at radius 1 is 1.08 bits per heavy atom. The van der Waals surface area contributed by atoms with Crippen LogP contribution in [0.25, 0.3) is 0 Å². The molecule has 14 heteroatoms. The van der Waals surface area contributed by atoms with Crippen LogP contribution in [-0.2, 0) is 0 Å². The van der Waals surface area contributed by atoms with Gasteiger partial charge in [-0.25, -0.2) is 4.86 Å². The molecule has 7 nitrogen and oxygen atoms in total. The second kappa shape index (κ2) is 8.98. The number of anilines is 2. The highest BCUT2D eigenvalue weighted by Gasteiger charge is 2.40. The minimum absolute atomic E-state index is 0.0201. The van der Waals surface area contributed by atoms with Gasteiger partial charge in [0.15, 0.2) is 11.5 Å². The molecule has 0 radical (unpaired) electrons. The summed E-state index contributed by atoms with van der Waals surface area (Å²) in [6.45, 7) is 0. The minimum Gasteiger partial charge on any atom is -0.440 e. The van der Waals surface area contributed by atoms with E-state index in [0.29, 0.717) is 22.2 Å². The fraction of sp³-hybridized carbons (Fsp3) is 0. The van der Waals surface area contributed by atoms with E-state index in [1.807, 2.05) is 0 Å². The van der Waals surface area contributed by atoms with Crippen LogP contribution in [0.5, 0.6) is 11.5 Å². The van der Waals surface area contributed by atoms with Gasteiger partial charge in [-0.1, -0.05) is 46.6 Å². The van der Waals surface area contributed by atoms with Crippen LogP contribution in [0.4, 0.5) is 11.4 Å². The Kier molecular flexibility index (Phi) is 7.15. The summed E-state index contributed by atoms with van der Waals surface area (Å²) in [5.74, 6) is 0.775. The number of hydrogen-bond donors (Lipinski definition) is 3. The van der Waals surface area contributed by atoms with E-state index in [1.165, 1.54) is 8.56 Å². The molecule has 0 amide bonds. The lowest BCUT2D eigenvalue weighted by Crippen LogP contribution is -2.29. The van der Waals surface area contributed by atoms with Crippen molar-refractivity contribution >= 4 is 82.5 Å². The fourth-order valence-electron chi connectivity index (χ4n) is 1.80. The highest BCUT2D eigenvalue weighted by Crippen LogP contribution is 2.69. The molecule has 26 heavy (non-hydrogen) atoms. The quantitative estimate of drug-likeness (QED) is 0.270. The number of nitrogens with zero attached hydrogens (tertiary/aromatic N) is 2. The maximum absolute atomic E-state index is 6.44. The number of para-hydroxylation sites is 2. The monoisotopic (exact) mass is 491 g/mol. The molecule has 3 rings (SSSR count). The minimum atomic E-state index is -1.54. The molecule has 0 spiro atoms. The van der Waals surface area contributed by atoms with Crippen LogP contribution in [0.1, 0.15) is 0 Å². The van der Waals surface area contributed by atoms with Gasteiger partial charge in [0.05, 0.1) is 30.3 Å². The number of nitrogens with one attached hydrogen (secondary N) is 1. The Bertz CT molecular complexity index is 807. The molecule has 0 aromatic heterocycles. The van der Waals surface area contributed by atoms with Gasteiger partial charge in [0.2, 0.25) is 7.58 Å². The predicted molar refractivity (Wildman–Crippen MR) is 114 cm³/mol. The molecular formula is C12H12Cl4N5O2P3. The van der Waals surface area contributed by atoms with Crippen LogP contribution in [0, 0.1) is 0 Å². The number of nitrogen functional groups attached to an aromatic ring is 2. The summed E-state index contributed by atoms with van der Waals surface area (Å²) in [6.07, 6.45) is 0. The average Bonchev–Trinajstić information content (AvgIpc) is 2.63. The van der Waals surface area contributed by atoms with E-state index in [4.69, 9.17) is 67.0 Å². The summed E-state index contributed by atoms with van der Waals surface area (Å²) in [5, 5.41) is 0.546. The van der Waals surface area contributed by atoms with Crippen molar-refractivity contribution in [3.8, 4) is 11.5 Å². The van der Waals surface area contributed by atoms with Gasteiger partial charge in [-0.2, -0.15) is 0 Å². The Labute approximate surface area is 174 Å². The Morgan fingerprint density at radius 2 is 1.81 bits per heavy atom. The standard InChI is InChI=1S/C12H12Cl4N5O2P3/c13-7-5-6-10(12(18)11(7)14)23-26-19-24-20(15)25(16)21(26)22-9-4-2-1-3-8(9)17/h1-6,19,24H,17-18H2. The molecule has 3 unspecified atom stereocenters. The summed E-state index contributed by atoms with van der Waals surface area (Å²) < 4.78 is 8.80. The van der Waals surface area contributed by atoms with Crippen LogP contribution < -0.4 is 25.7 Å². The van der Waals surface area contributed by atoms with E-state index in [2.05, 4.69) is 4.86 Å². The van der Waals surface area contributed by atoms with Crippen molar-refractivity contribution in [3.05, 3.63) is 46.4 Å². The number of halogens is 4. The van der Waals surface area contributed by atoms with Crippen molar-refractivity contribution in [1.82, 2.24) is 13.4 Å². The molecule has 1 heterocycles. The van der Waals surface area contributed by atoms with Gasteiger partial charge in [-0.05, 0) is 40.6 Å². The van der Waals surface area contributed by atoms with E-state index >= 15 is 0 Å². The third-order valence-electron chi connectivity index (χ3n) is 3.06. The first-order valence-corrected chi connectivity index (χ1v) is 12.3. The normalized spacial score (nSPS) is 22.5. The van der Waals surface area contributed by atoms with Gasteiger partial charge in [0.25, 0.3) is 8.45 Å². The summed E-state index contributed by atoms with van der Waals surface area (Å²) in [5.41, 5.74) is 12.6.